The molecule has 0 aliphatic heterocycles. The minimum atomic E-state index is -4.60. The van der Waals surface area contributed by atoms with Crippen LogP contribution in [0.15, 0.2) is 43.0 Å². The highest BCUT2D eigenvalue weighted by atomic mass is 19.4. The highest BCUT2D eigenvalue weighted by Crippen LogP contribution is 2.36. The summed E-state index contributed by atoms with van der Waals surface area (Å²) in [7, 11) is 0. The molecule has 1 aliphatic rings. The number of nitrogens with zero attached hydrogens (tertiary/aromatic N) is 4. The van der Waals surface area contributed by atoms with Crippen molar-refractivity contribution in [2.45, 2.75) is 51.2 Å². The fourth-order valence-corrected chi connectivity index (χ4v) is 5.22. The number of alkyl halides is 3. The monoisotopic (exact) mass is 583 g/mol. The van der Waals surface area contributed by atoms with Gasteiger partial charge in [0, 0.05) is 48.7 Å². The van der Waals surface area contributed by atoms with Crippen molar-refractivity contribution in [1.82, 2.24) is 35.2 Å². The van der Waals surface area contributed by atoms with Crippen molar-refractivity contribution in [3.05, 3.63) is 59.8 Å². The van der Waals surface area contributed by atoms with E-state index in [4.69, 9.17) is 5.73 Å². The molecule has 1 aliphatic carbocycles. The van der Waals surface area contributed by atoms with E-state index < -0.39 is 11.9 Å². The Hall–Kier alpha value is -4.46. The second-order valence-corrected chi connectivity index (χ2v) is 10.3. The van der Waals surface area contributed by atoms with E-state index >= 15 is 0 Å². The molecular formula is C28H32F3N9O2. The molecule has 0 radical (unpaired) electrons. The quantitative estimate of drug-likeness (QED) is 0.178. The molecule has 42 heavy (non-hydrogen) atoms. The number of aryl methyl sites for hydroxylation is 1. The highest BCUT2D eigenvalue weighted by molar-refractivity contribution is 5.96. The van der Waals surface area contributed by atoms with Crippen molar-refractivity contribution in [1.29, 1.82) is 0 Å². The highest BCUT2D eigenvalue weighted by Gasteiger charge is 2.36. The van der Waals surface area contributed by atoms with Crippen LogP contribution in [-0.2, 0) is 17.4 Å². The van der Waals surface area contributed by atoms with Gasteiger partial charge in [-0.2, -0.15) is 18.3 Å². The van der Waals surface area contributed by atoms with Crippen molar-refractivity contribution in [3.8, 4) is 11.3 Å². The number of carbonyl (C=O) groups is 2. The van der Waals surface area contributed by atoms with Crippen LogP contribution in [0.3, 0.4) is 0 Å². The summed E-state index contributed by atoms with van der Waals surface area (Å²) in [4.78, 5) is 33.7. The Labute approximate surface area is 239 Å². The Morgan fingerprint density at radius 1 is 1.14 bits per heavy atom. The maximum absolute atomic E-state index is 13.4. The van der Waals surface area contributed by atoms with E-state index in [9.17, 15) is 22.8 Å². The summed E-state index contributed by atoms with van der Waals surface area (Å²) in [6, 6.07) is 5.36. The number of aromatic nitrogens is 5. The largest absolute Gasteiger partial charge is 0.433 e. The van der Waals surface area contributed by atoms with E-state index in [-0.39, 0.29) is 35.0 Å². The number of anilines is 2. The topological polar surface area (TPSA) is 155 Å². The maximum Gasteiger partial charge on any atom is 0.433 e. The van der Waals surface area contributed by atoms with Gasteiger partial charge >= 0.3 is 6.18 Å². The SMILES string of the molecule is CCc1cc(Nc2nccn3c(-c4cn[nH]c4C(F)(F)F)cnc23)ccc1C(=O)NCCCNC(=O)[C@H]1CC[C@@H](N)C1. The van der Waals surface area contributed by atoms with E-state index in [0.29, 0.717) is 48.6 Å². The van der Waals surface area contributed by atoms with Gasteiger partial charge < -0.3 is 21.7 Å². The predicted octanol–water partition coefficient (Wildman–Crippen LogP) is 3.81. The van der Waals surface area contributed by atoms with Crippen molar-refractivity contribution in [2.75, 3.05) is 18.4 Å². The molecule has 2 atom stereocenters. The first-order chi connectivity index (χ1) is 20.2. The van der Waals surface area contributed by atoms with Gasteiger partial charge in [-0.1, -0.05) is 6.92 Å². The molecule has 4 aromatic rings. The zero-order valence-electron chi connectivity index (χ0n) is 23.0. The van der Waals surface area contributed by atoms with Gasteiger partial charge in [-0.05, 0) is 55.9 Å². The lowest BCUT2D eigenvalue weighted by Gasteiger charge is -2.13. The van der Waals surface area contributed by atoms with Crippen LogP contribution in [0.4, 0.5) is 24.7 Å². The number of carbonyl (C=O) groups excluding carboxylic acids is 2. The van der Waals surface area contributed by atoms with Crippen LogP contribution in [0, 0.1) is 5.92 Å². The third-order valence-corrected chi connectivity index (χ3v) is 7.40. The summed E-state index contributed by atoms with van der Waals surface area (Å²) in [5.41, 5.74) is 7.29. The summed E-state index contributed by atoms with van der Waals surface area (Å²) in [6.45, 7) is 2.82. The lowest BCUT2D eigenvalue weighted by atomic mass is 10.0. The predicted molar refractivity (Wildman–Crippen MR) is 150 cm³/mol. The molecular weight excluding hydrogens is 551 g/mol. The molecule has 0 unspecified atom stereocenters. The molecule has 1 aromatic carbocycles. The minimum absolute atomic E-state index is 0.0229. The first-order valence-corrected chi connectivity index (χ1v) is 13.8. The number of H-pyrrole nitrogens is 1. The second kappa shape index (κ2) is 12.2. The van der Waals surface area contributed by atoms with E-state index in [1.807, 2.05) is 18.1 Å². The smallest absolute Gasteiger partial charge is 0.356 e. The van der Waals surface area contributed by atoms with Gasteiger partial charge in [0.25, 0.3) is 5.91 Å². The summed E-state index contributed by atoms with van der Waals surface area (Å²) < 4.78 is 41.8. The van der Waals surface area contributed by atoms with E-state index in [2.05, 4.69) is 31.0 Å². The van der Waals surface area contributed by atoms with E-state index in [1.165, 1.54) is 23.0 Å². The van der Waals surface area contributed by atoms with E-state index in [1.54, 1.807) is 12.1 Å². The van der Waals surface area contributed by atoms with Crippen LogP contribution in [0.5, 0.6) is 0 Å². The molecule has 14 heteroatoms. The van der Waals surface area contributed by atoms with Crippen molar-refractivity contribution < 1.29 is 22.8 Å². The number of halogens is 3. The Morgan fingerprint density at radius 3 is 2.69 bits per heavy atom. The molecule has 11 nitrogen and oxygen atoms in total. The first-order valence-electron chi connectivity index (χ1n) is 13.8. The fraction of sp³-hybridized carbons (Fsp3) is 0.393. The Morgan fingerprint density at radius 2 is 1.95 bits per heavy atom. The summed E-state index contributed by atoms with van der Waals surface area (Å²) in [6.07, 6.45) is 4.42. The molecule has 2 amide bonds. The minimum Gasteiger partial charge on any atom is -0.356 e. The van der Waals surface area contributed by atoms with Crippen LogP contribution in [0.1, 0.15) is 54.2 Å². The number of amides is 2. The van der Waals surface area contributed by atoms with E-state index in [0.717, 1.165) is 31.0 Å². The molecule has 1 saturated carbocycles. The number of aromatic amines is 1. The Bertz CT molecular complexity index is 1580. The molecule has 6 N–H and O–H groups in total. The number of fused-ring (bicyclic) bond motifs is 1. The van der Waals surface area contributed by atoms with Crippen molar-refractivity contribution in [3.63, 3.8) is 0 Å². The standard InChI is InChI=1S/C28H32F3N9O2/c1-2-16-13-19(6-7-20(16)27(42)35-9-3-8-34-26(41)17-4-5-18(32)12-17)38-24-25-36-15-22(40(25)11-10-33-24)21-14-37-39-23(21)28(29,30)31/h6-7,10-11,13-15,17-18H,2-5,8-9,12,32H2,1H3,(H,33,38)(H,34,41)(H,35,42)(H,37,39)/t17-,18+/m0/s1. The summed E-state index contributed by atoms with van der Waals surface area (Å²) in [5.74, 6) is 0.118. The summed E-state index contributed by atoms with van der Waals surface area (Å²) in [5, 5.41) is 14.6. The lowest BCUT2D eigenvalue weighted by molar-refractivity contribution is -0.140. The van der Waals surface area contributed by atoms with Gasteiger partial charge in [0.05, 0.1) is 23.7 Å². The second-order valence-electron chi connectivity index (χ2n) is 10.3. The number of imidazole rings is 1. The lowest BCUT2D eigenvalue weighted by Crippen LogP contribution is -2.33. The van der Waals surface area contributed by atoms with Gasteiger partial charge in [-0.25, -0.2) is 9.97 Å². The molecule has 3 heterocycles. The number of hydrogen-bond acceptors (Lipinski definition) is 7. The molecule has 5 rings (SSSR count). The van der Waals surface area contributed by atoms with Gasteiger partial charge in [-0.15, -0.1) is 0 Å². The van der Waals surface area contributed by atoms with Crippen LogP contribution in [0.25, 0.3) is 16.9 Å². The zero-order valence-corrected chi connectivity index (χ0v) is 23.0. The normalized spacial score (nSPS) is 17.0. The summed E-state index contributed by atoms with van der Waals surface area (Å²) >= 11 is 0. The van der Waals surface area contributed by atoms with Crippen LogP contribution < -0.4 is 21.7 Å². The van der Waals surface area contributed by atoms with Gasteiger partial charge in [0.1, 0.15) is 5.69 Å². The van der Waals surface area contributed by atoms with Crippen LogP contribution in [0.2, 0.25) is 0 Å². The first kappa shape index (κ1) is 29.0. The molecule has 0 bridgehead atoms. The molecule has 0 spiro atoms. The molecule has 3 aromatic heterocycles. The average Bonchev–Trinajstić information content (AvgIpc) is 3.72. The number of nitrogens with two attached hydrogens (primary N) is 1. The number of benzene rings is 1. The van der Waals surface area contributed by atoms with Gasteiger partial charge in [0.15, 0.2) is 11.5 Å². The van der Waals surface area contributed by atoms with Crippen molar-refractivity contribution >= 4 is 29.0 Å². The Kier molecular flexibility index (Phi) is 8.43. The molecule has 222 valence electrons. The average molecular weight is 584 g/mol. The maximum atomic E-state index is 13.4. The van der Waals surface area contributed by atoms with Crippen LogP contribution >= 0.6 is 0 Å². The van der Waals surface area contributed by atoms with Gasteiger partial charge in [-0.3, -0.25) is 19.1 Å². The zero-order chi connectivity index (χ0) is 29.9. The fourth-order valence-electron chi connectivity index (χ4n) is 5.22. The number of rotatable bonds is 10. The third kappa shape index (κ3) is 6.22. The number of hydrogen-bond donors (Lipinski definition) is 5. The molecule has 0 saturated heterocycles. The van der Waals surface area contributed by atoms with Gasteiger partial charge in [0.2, 0.25) is 5.91 Å². The molecule has 1 fully saturated rings. The van der Waals surface area contributed by atoms with Crippen LogP contribution in [-0.4, -0.2) is 55.5 Å². The Balaban J connectivity index is 1.22. The van der Waals surface area contributed by atoms with Crippen molar-refractivity contribution in [2.24, 2.45) is 11.7 Å². The number of nitrogens with one attached hydrogen (secondary N) is 4. The third-order valence-electron chi connectivity index (χ3n) is 7.40.